The van der Waals surface area contributed by atoms with E-state index in [1.54, 1.807) is 36.4 Å². The van der Waals surface area contributed by atoms with Gasteiger partial charge < -0.3 is 5.11 Å². The van der Waals surface area contributed by atoms with E-state index < -0.39 is 0 Å². The lowest BCUT2D eigenvalue weighted by atomic mass is 10.0. The first-order valence-corrected chi connectivity index (χ1v) is 6.04. The van der Waals surface area contributed by atoms with E-state index in [4.69, 9.17) is 23.2 Å². The number of halogens is 2. The maximum absolute atomic E-state index is 10.9. The Morgan fingerprint density at radius 3 is 2.11 bits per heavy atom. The summed E-state index contributed by atoms with van der Waals surface area (Å²) in [7, 11) is 0. The van der Waals surface area contributed by atoms with Crippen LogP contribution in [0, 0.1) is 0 Å². The molecule has 0 aliphatic heterocycles. The van der Waals surface area contributed by atoms with Crippen molar-refractivity contribution in [3.63, 3.8) is 0 Å². The Labute approximate surface area is 115 Å². The fourth-order valence-electron chi connectivity index (χ4n) is 1.76. The standard InChI is InChI=1S/C14H10Cl2O2/c15-13-4-12(5-14(16)6-13)11-2-9(7-17)1-10(3-11)8-18/h1-7,18H,8H2. The quantitative estimate of drug-likeness (QED) is 0.864. The SMILES string of the molecule is O=Cc1cc(CO)cc(-c2cc(Cl)cc(Cl)c2)c1. The lowest BCUT2D eigenvalue weighted by molar-refractivity contribution is 0.112. The Morgan fingerprint density at radius 2 is 1.56 bits per heavy atom. The van der Waals surface area contributed by atoms with Gasteiger partial charge in [0, 0.05) is 15.6 Å². The molecule has 0 aliphatic carbocycles. The van der Waals surface area contributed by atoms with Crippen LogP contribution in [0.3, 0.4) is 0 Å². The van der Waals surface area contributed by atoms with Crippen molar-refractivity contribution in [2.45, 2.75) is 6.61 Å². The Balaban J connectivity index is 2.58. The first kappa shape index (κ1) is 13.1. The van der Waals surface area contributed by atoms with Gasteiger partial charge in [0.25, 0.3) is 0 Å². The van der Waals surface area contributed by atoms with Crippen molar-refractivity contribution >= 4 is 29.5 Å². The molecule has 2 aromatic carbocycles. The molecule has 0 unspecified atom stereocenters. The third-order valence-corrected chi connectivity index (χ3v) is 2.97. The van der Waals surface area contributed by atoms with Gasteiger partial charge in [-0.2, -0.15) is 0 Å². The van der Waals surface area contributed by atoms with Crippen molar-refractivity contribution in [2.24, 2.45) is 0 Å². The summed E-state index contributed by atoms with van der Waals surface area (Å²) >= 11 is 11.9. The van der Waals surface area contributed by atoms with Gasteiger partial charge in [-0.1, -0.05) is 23.2 Å². The molecule has 0 bridgehead atoms. The molecule has 0 saturated carbocycles. The van der Waals surface area contributed by atoms with E-state index in [1.807, 2.05) is 0 Å². The minimum atomic E-state index is -0.122. The van der Waals surface area contributed by atoms with Crippen LogP contribution in [0.25, 0.3) is 11.1 Å². The zero-order valence-corrected chi connectivity index (χ0v) is 10.9. The average molecular weight is 281 g/mol. The second kappa shape index (κ2) is 5.53. The number of carbonyl (C=O) groups excluding carboxylic acids is 1. The molecule has 2 rings (SSSR count). The molecule has 0 spiro atoms. The van der Waals surface area contributed by atoms with Gasteiger partial charge in [-0.15, -0.1) is 0 Å². The molecular weight excluding hydrogens is 271 g/mol. The minimum Gasteiger partial charge on any atom is -0.392 e. The van der Waals surface area contributed by atoms with Crippen LogP contribution in [0.1, 0.15) is 15.9 Å². The fraction of sp³-hybridized carbons (Fsp3) is 0.0714. The lowest BCUT2D eigenvalue weighted by Crippen LogP contribution is -1.90. The molecule has 0 atom stereocenters. The highest BCUT2D eigenvalue weighted by Gasteiger charge is 2.05. The molecule has 1 N–H and O–H groups in total. The Bertz CT molecular complexity index is 574. The summed E-state index contributed by atoms with van der Waals surface area (Å²) in [5.74, 6) is 0. The van der Waals surface area contributed by atoms with Crippen molar-refractivity contribution in [3.8, 4) is 11.1 Å². The van der Waals surface area contributed by atoms with Crippen molar-refractivity contribution in [2.75, 3.05) is 0 Å². The van der Waals surface area contributed by atoms with Gasteiger partial charge >= 0.3 is 0 Å². The third-order valence-electron chi connectivity index (χ3n) is 2.53. The summed E-state index contributed by atoms with van der Waals surface area (Å²) in [4.78, 5) is 10.9. The van der Waals surface area contributed by atoms with Gasteiger partial charge in [0.1, 0.15) is 6.29 Å². The zero-order chi connectivity index (χ0) is 13.1. The van der Waals surface area contributed by atoms with E-state index in [1.165, 1.54) is 0 Å². The number of hydrogen-bond donors (Lipinski definition) is 1. The number of benzene rings is 2. The maximum Gasteiger partial charge on any atom is 0.150 e. The summed E-state index contributed by atoms with van der Waals surface area (Å²) < 4.78 is 0. The smallest absolute Gasteiger partial charge is 0.150 e. The number of hydrogen-bond acceptors (Lipinski definition) is 2. The van der Waals surface area contributed by atoms with Crippen LogP contribution in [0.4, 0.5) is 0 Å². The molecular formula is C14H10Cl2O2. The van der Waals surface area contributed by atoms with Crippen molar-refractivity contribution in [3.05, 3.63) is 57.6 Å². The normalized spacial score (nSPS) is 10.4. The van der Waals surface area contributed by atoms with E-state index in [0.717, 1.165) is 17.4 Å². The number of carbonyl (C=O) groups is 1. The van der Waals surface area contributed by atoms with Crippen molar-refractivity contribution in [1.29, 1.82) is 0 Å². The number of aldehydes is 1. The second-order valence-electron chi connectivity index (χ2n) is 3.90. The van der Waals surface area contributed by atoms with Crippen LogP contribution in [-0.4, -0.2) is 11.4 Å². The molecule has 0 radical (unpaired) electrons. The summed E-state index contributed by atoms with van der Waals surface area (Å²) in [5.41, 5.74) is 2.79. The van der Waals surface area contributed by atoms with E-state index in [-0.39, 0.29) is 6.61 Å². The monoisotopic (exact) mass is 280 g/mol. The molecule has 92 valence electrons. The Kier molecular flexibility index (Phi) is 4.02. The van der Waals surface area contributed by atoms with Crippen LogP contribution < -0.4 is 0 Å². The predicted molar refractivity (Wildman–Crippen MR) is 73.2 cm³/mol. The van der Waals surface area contributed by atoms with E-state index in [0.29, 0.717) is 21.2 Å². The molecule has 0 aromatic heterocycles. The summed E-state index contributed by atoms with van der Waals surface area (Å²) in [6.07, 6.45) is 0.745. The molecule has 18 heavy (non-hydrogen) atoms. The third kappa shape index (κ3) is 2.91. The van der Waals surface area contributed by atoms with Crippen LogP contribution in [0.15, 0.2) is 36.4 Å². The van der Waals surface area contributed by atoms with Gasteiger partial charge in [0.15, 0.2) is 0 Å². The molecule has 2 nitrogen and oxygen atoms in total. The second-order valence-corrected chi connectivity index (χ2v) is 4.77. The number of aliphatic hydroxyl groups is 1. The largest absolute Gasteiger partial charge is 0.392 e. The molecule has 0 aliphatic rings. The minimum absolute atomic E-state index is 0.122. The molecule has 4 heteroatoms. The molecule has 0 fully saturated rings. The van der Waals surface area contributed by atoms with Crippen LogP contribution >= 0.6 is 23.2 Å². The number of rotatable bonds is 3. The predicted octanol–water partition coefficient (Wildman–Crippen LogP) is 3.97. The van der Waals surface area contributed by atoms with Gasteiger partial charge in [-0.3, -0.25) is 4.79 Å². The van der Waals surface area contributed by atoms with Gasteiger partial charge in [-0.25, -0.2) is 0 Å². The highest BCUT2D eigenvalue weighted by Crippen LogP contribution is 2.28. The van der Waals surface area contributed by atoms with Crippen molar-refractivity contribution in [1.82, 2.24) is 0 Å². The van der Waals surface area contributed by atoms with Crippen molar-refractivity contribution < 1.29 is 9.90 Å². The van der Waals surface area contributed by atoms with E-state index >= 15 is 0 Å². The maximum atomic E-state index is 10.9. The van der Waals surface area contributed by atoms with E-state index in [9.17, 15) is 9.90 Å². The van der Waals surface area contributed by atoms with Gasteiger partial charge in [0.05, 0.1) is 6.61 Å². The molecule has 0 amide bonds. The lowest BCUT2D eigenvalue weighted by Gasteiger charge is -2.07. The topological polar surface area (TPSA) is 37.3 Å². The van der Waals surface area contributed by atoms with E-state index in [2.05, 4.69) is 0 Å². The van der Waals surface area contributed by atoms with Crippen LogP contribution in [-0.2, 0) is 6.61 Å². The van der Waals surface area contributed by atoms with Crippen LogP contribution in [0.2, 0.25) is 10.0 Å². The Morgan fingerprint density at radius 1 is 0.944 bits per heavy atom. The first-order chi connectivity index (χ1) is 8.62. The molecule has 0 saturated heterocycles. The summed E-state index contributed by atoms with van der Waals surface area (Å²) in [5, 5.41) is 10.2. The van der Waals surface area contributed by atoms with Gasteiger partial charge in [0.2, 0.25) is 0 Å². The molecule has 0 heterocycles. The highest BCUT2D eigenvalue weighted by molar-refractivity contribution is 6.35. The number of aliphatic hydroxyl groups excluding tert-OH is 1. The summed E-state index contributed by atoms with van der Waals surface area (Å²) in [6, 6.07) is 10.3. The Hall–Kier alpha value is -1.35. The fourth-order valence-corrected chi connectivity index (χ4v) is 2.29. The van der Waals surface area contributed by atoms with Crippen LogP contribution in [0.5, 0.6) is 0 Å². The average Bonchev–Trinajstić information content (AvgIpc) is 2.37. The first-order valence-electron chi connectivity index (χ1n) is 5.29. The summed E-state index contributed by atoms with van der Waals surface area (Å²) in [6.45, 7) is -0.122. The molecule has 2 aromatic rings. The highest BCUT2D eigenvalue weighted by atomic mass is 35.5. The van der Waals surface area contributed by atoms with Gasteiger partial charge in [-0.05, 0) is 53.1 Å². The zero-order valence-electron chi connectivity index (χ0n) is 9.36.